The first-order valence-electron chi connectivity index (χ1n) is 19.4. The number of urea groups is 1. The van der Waals surface area contributed by atoms with Gasteiger partial charge in [0.25, 0.3) is 0 Å². The van der Waals surface area contributed by atoms with Crippen LogP contribution in [0.5, 0.6) is 0 Å². The number of nitrogens with one attached hydrogen (secondary N) is 2. The van der Waals surface area contributed by atoms with Crippen molar-refractivity contribution in [2.75, 3.05) is 39.6 Å². The highest BCUT2D eigenvalue weighted by Crippen LogP contribution is 2.72. The molecule has 9 atom stereocenters. The maximum atomic E-state index is 13.9. The second-order valence-electron chi connectivity index (χ2n) is 18.3. The van der Waals surface area contributed by atoms with Crippen LogP contribution in [0.1, 0.15) is 109 Å². The average molecular weight is 643 g/mol. The van der Waals surface area contributed by atoms with Crippen LogP contribution >= 0.6 is 0 Å². The van der Waals surface area contributed by atoms with Crippen molar-refractivity contribution in [1.29, 1.82) is 0 Å². The molecule has 1 aromatic rings. The monoisotopic (exact) mass is 642 g/mol. The zero-order valence-corrected chi connectivity index (χ0v) is 30.1. The first-order valence-corrected chi connectivity index (χ1v) is 19.4. The quantitative estimate of drug-likeness (QED) is 0.344. The minimum Gasteiger partial charge on any atom is -0.365 e. The Hall–Kier alpha value is -1.89. The number of hydrogen-bond donors (Lipinski definition) is 2. The van der Waals surface area contributed by atoms with Gasteiger partial charge < -0.3 is 15.0 Å². The summed E-state index contributed by atoms with van der Waals surface area (Å²) in [5.41, 5.74) is 5.33. The molecule has 0 spiro atoms. The second-order valence-corrected chi connectivity index (χ2v) is 18.3. The SMILES string of the molecule is Cc1ccc(C2=CCC3(C)C(CCC4(C)C5CCC6(NC(=O)N7CCC(NCN8CCOC8)C7)CCCC6C5CCC43)C2(C)C)cc1. The number of amides is 2. The van der Waals surface area contributed by atoms with Crippen LogP contribution in [0, 0.1) is 52.8 Å². The van der Waals surface area contributed by atoms with Gasteiger partial charge in [0.15, 0.2) is 0 Å². The van der Waals surface area contributed by atoms with Gasteiger partial charge in [-0.15, -0.1) is 0 Å². The topological polar surface area (TPSA) is 56.8 Å². The molecule has 47 heavy (non-hydrogen) atoms. The lowest BCUT2D eigenvalue weighted by Gasteiger charge is -2.68. The molecule has 6 fully saturated rings. The summed E-state index contributed by atoms with van der Waals surface area (Å²) in [6.07, 6.45) is 16.6. The Morgan fingerprint density at radius 2 is 1.72 bits per heavy atom. The van der Waals surface area contributed by atoms with E-state index in [0.29, 0.717) is 22.8 Å². The lowest BCUT2D eigenvalue weighted by Crippen LogP contribution is -2.64. The minimum absolute atomic E-state index is 0.0134. The molecule has 1 aromatic carbocycles. The van der Waals surface area contributed by atoms with E-state index in [1.807, 2.05) is 0 Å². The zero-order chi connectivity index (χ0) is 32.6. The first-order chi connectivity index (χ1) is 22.5. The summed E-state index contributed by atoms with van der Waals surface area (Å²) in [4.78, 5) is 18.3. The number of aryl methyl sites for hydroxylation is 1. The molecule has 258 valence electrons. The fourth-order valence-electron chi connectivity index (χ4n) is 13.5. The molecule has 2 heterocycles. The number of fused-ring (bicyclic) bond motifs is 7. The van der Waals surface area contributed by atoms with Gasteiger partial charge in [0.05, 0.1) is 13.3 Å². The van der Waals surface area contributed by atoms with E-state index in [1.54, 1.807) is 5.57 Å². The molecule has 2 N–H and O–H groups in total. The van der Waals surface area contributed by atoms with Gasteiger partial charge in [-0.05, 0) is 128 Å². The van der Waals surface area contributed by atoms with Crippen LogP contribution in [0.25, 0.3) is 5.57 Å². The maximum Gasteiger partial charge on any atom is 0.317 e. The van der Waals surface area contributed by atoms with Crippen molar-refractivity contribution < 1.29 is 9.53 Å². The normalized spacial score (nSPS) is 42.7. The van der Waals surface area contributed by atoms with Gasteiger partial charge >= 0.3 is 6.03 Å². The summed E-state index contributed by atoms with van der Waals surface area (Å²) in [5.74, 6) is 3.72. The molecule has 2 amide bonds. The van der Waals surface area contributed by atoms with Crippen LogP contribution in [0.3, 0.4) is 0 Å². The number of likely N-dealkylation sites (tertiary alicyclic amines) is 1. The average Bonchev–Trinajstić information content (AvgIpc) is 3.82. The van der Waals surface area contributed by atoms with E-state index in [9.17, 15) is 4.79 Å². The number of carbonyl (C=O) groups is 1. The molecule has 0 aromatic heterocycles. The number of nitrogens with zero attached hydrogens (tertiary/aromatic N) is 2. The van der Waals surface area contributed by atoms with E-state index in [-0.39, 0.29) is 17.0 Å². The smallest absolute Gasteiger partial charge is 0.317 e. The van der Waals surface area contributed by atoms with Crippen molar-refractivity contribution in [3.63, 3.8) is 0 Å². The van der Waals surface area contributed by atoms with Gasteiger partial charge in [0, 0.05) is 31.2 Å². The molecule has 6 heteroatoms. The number of allylic oxidation sites excluding steroid dienone is 2. The summed E-state index contributed by atoms with van der Waals surface area (Å²) in [6, 6.07) is 9.90. The highest BCUT2D eigenvalue weighted by atomic mass is 16.5. The summed E-state index contributed by atoms with van der Waals surface area (Å²) >= 11 is 0. The molecule has 0 bridgehead atoms. The van der Waals surface area contributed by atoms with Crippen molar-refractivity contribution in [3.8, 4) is 0 Å². The predicted octanol–water partition coefficient (Wildman–Crippen LogP) is 7.83. The molecule has 9 unspecified atom stereocenters. The third-order valence-corrected chi connectivity index (χ3v) is 15.7. The molecular weight excluding hydrogens is 580 g/mol. The van der Waals surface area contributed by atoms with Gasteiger partial charge in [0.2, 0.25) is 0 Å². The molecule has 8 rings (SSSR count). The Labute approximate surface area is 284 Å². The Morgan fingerprint density at radius 1 is 0.894 bits per heavy atom. The lowest BCUT2D eigenvalue weighted by molar-refractivity contribution is -0.172. The van der Waals surface area contributed by atoms with E-state index < -0.39 is 0 Å². The summed E-state index contributed by atoms with van der Waals surface area (Å²) in [6.45, 7) is 17.8. The van der Waals surface area contributed by atoms with E-state index >= 15 is 0 Å². The van der Waals surface area contributed by atoms with Gasteiger partial charge in [-0.3, -0.25) is 10.2 Å². The van der Waals surface area contributed by atoms with Gasteiger partial charge in [0.1, 0.15) is 6.73 Å². The Kier molecular flexibility index (Phi) is 8.16. The summed E-state index contributed by atoms with van der Waals surface area (Å²) in [7, 11) is 0. The molecular formula is C41H62N4O2. The van der Waals surface area contributed by atoms with Crippen LogP contribution in [-0.2, 0) is 4.74 Å². The van der Waals surface area contributed by atoms with Crippen LogP contribution in [0.2, 0.25) is 0 Å². The molecule has 2 aliphatic heterocycles. The first kappa shape index (κ1) is 32.3. The second kappa shape index (κ2) is 11.9. The maximum absolute atomic E-state index is 13.9. The van der Waals surface area contributed by atoms with Crippen LogP contribution in [0.4, 0.5) is 4.79 Å². The number of benzene rings is 1. The predicted molar refractivity (Wildman–Crippen MR) is 190 cm³/mol. The standard InChI is InChI=1S/C41H62N4O2/c1-28-8-10-29(11-9-28)32-14-19-40(5)35(38(32,2)3)16-20-39(4)33-15-21-41(18-6-7-34(41)31(33)12-13-36(39)40)43-37(46)45-22-17-30(25-45)42-26-44-23-24-47-27-44/h8-11,14,30-31,33-36,42H,6-7,12-13,15-27H2,1-5H3,(H,43,46). The number of rotatable bonds is 5. The van der Waals surface area contributed by atoms with Gasteiger partial charge in [-0.1, -0.05) is 70.0 Å². The van der Waals surface area contributed by atoms with E-state index in [4.69, 9.17) is 4.74 Å². The highest BCUT2D eigenvalue weighted by Gasteiger charge is 2.65. The van der Waals surface area contributed by atoms with Crippen LogP contribution in [-0.4, -0.2) is 67.1 Å². The van der Waals surface area contributed by atoms with E-state index in [1.165, 1.54) is 75.3 Å². The van der Waals surface area contributed by atoms with Crippen molar-refractivity contribution >= 4 is 11.6 Å². The largest absolute Gasteiger partial charge is 0.365 e. The molecule has 2 saturated heterocycles. The number of ether oxygens (including phenoxy) is 1. The molecule has 0 radical (unpaired) electrons. The van der Waals surface area contributed by atoms with Crippen LogP contribution < -0.4 is 10.6 Å². The van der Waals surface area contributed by atoms with Crippen molar-refractivity contribution in [2.45, 2.75) is 117 Å². The van der Waals surface area contributed by atoms with Gasteiger partial charge in [-0.25, -0.2) is 4.79 Å². The third-order valence-electron chi connectivity index (χ3n) is 15.7. The highest BCUT2D eigenvalue weighted by molar-refractivity contribution is 5.76. The van der Waals surface area contributed by atoms with E-state index in [0.717, 1.165) is 69.7 Å². The lowest BCUT2D eigenvalue weighted by atomic mass is 9.37. The molecule has 4 saturated carbocycles. The van der Waals surface area contributed by atoms with E-state index in [2.05, 4.69) is 85.4 Å². The molecule has 7 aliphatic rings. The van der Waals surface area contributed by atoms with Crippen molar-refractivity contribution in [3.05, 3.63) is 41.5 Å². The minimum atomic E-state index is 0.0134. The zero-order valence-electron chi connectivity index (χ0n) is 30.1. The van der Waals surface area contributed by atoms with Crippen molar-refractivity contribution in [1.82, 2.24) is 20.4 Å². The summed E-state index contributed by atoms with van der Waals surface area (Å²) in [5, 5.41) is 7.47. The summed E-state index contributed by atoms with van der Waals surface area (Å²) < 4.78 is 5.50. The number of carbonyl (C=O) groups excluding carboxylic acids is 1. The fourth-order valence-corrected chi connectivity index (χ4v) is 13.5. The van der Waals surface area contributed by atoms with Crippen LogP contribution in [0.15, 0.2) is 30.3 Å². The third kappa shape index (κ3) is 5.25. The Balaban J connectivity index is 0.963. The Morgan fingerprint density at radius 3 is 2.51 bits per heavy atom. The Bertz CT molecular complexity index is 1370. The molecule has 5 aliphatic carbocycles. The van der Waals surface area contributed by atoms with Gasteiger partial charge in [-0.2, -0.15) is 0 Å². The van der Waals surface area contributed by atoms with Crippen molar-refractivity contribution in [2.24, 2.45) is 45.8 Å². The number of hydrogen-bond acceptors (Lipinski definition) is 4. The fraction of sp³-hybridized carbons (Fsp3) is 0.780. The molecule has 6 nitrogen and oxygen atoms in total.